The van der Waals surface area contributed by atoms with E-state index in [0.29, 0.717) is 0 Å². The topological polar surface area (TPSA) is 30.5 Å². The molecule has 0 aliphatic heterocycles. The molecular formula is C17H27NO2. The molecule has 1 atom stereocenters. The Balaban J connectivity index is 2.96. The highest BCUT2D eigenvalue weighted by Crippen LogP contribution is 2.32. The van der Waals surface area contributed by atoms with Crippen molar-refractivity contribution in [3.8, 4) is 11.5 Å². The second-order valence-corrected chi connectivity index (χ2v) is 4.93. The lowest BCUT2D eigenvalue weighted by atomic mass is 9.98. The first kappa shape index (κ1) is 16.6. The molecule has 112 valence electrons. The van der Waals surface area contributed by atoms with Crippen molar-refractivity contribution >= 4 is 0 Å². The van der Waals surface area contributed by atoms with E-state index >= 15 is 0 Å². The van der Waals surface area contributed by atoms with Gasteiger partial charge in [0.15, 0.2) is 11.5 Å². The van der Waals surface area contributed by atoms with Gasteiger partial charge in [0.25, 0.3) is 0 Å². The fourth-order valence-electron chi connectivity index (χ4n) is 2.13. The largest absolute Gasteiger partial charge is 0.493 e. The predicted molar refractivity (Wildman–Crippen MR) is 84.6 cm³/mol. The lowest BCUT2D eigenvalue weighted by molar-refractivity contribution is 0.353. The summed E-state index contributed by atoms with van der Waals surface area (Å²) in [6.07, 6.45) is 3.08. The van der Waals surface area contributed by atoms with Gasteiger partial charge in [-0.15, -0.1) is 0 Å². The number of hydrogen-bond donors (Lipinski definition) is 1. The summed E-state index contributed by atoms with van der Waals surface area (Å²) in [6, 6.07) is 6.39. The Kier molecular flexibility index (Phi) is 7.16. The summed E-state index contributed by atoms with van der Waals surface area (Å²) < 4.78 is 10.7. The normalized spacial score (nSPS) is 12.0. The van der Waals surface area contributed by atoms with E-state index in [1.54, 1.807) is 14.2 Å². The number of benzene rings is 1. The van der Waals surface area contributed by atoms with Gasteiger partial charge in [0, 0.05) is 6.04 Å². The van der Waals surface area contributed by atoms with Crippen molar-refractivity contribution in [3.05, 3.63) is 35.9 Å². The molecule has 0 radical (unpaired) electrons. The summed E-state index contributed by atoms with van der Waals surface area (Å²) >= 11 is 0. The van der Waals surface area contributed by atoms with Crippen molar-refractivity contribution in [2.45, 2.75) is 39.2 Å². The monoisotopic (exact) mass is 277 g/mol. The van der Waals surface area contributed by atoms with E-state index in [0.717, 1.165) is 37.3 Å². The van der Waals surface area contributed by atoms with Crippen molar-refractivity contribution in [2.75, 3.05) is 20.8 Å². The van der Waals surface area contributed by atoms with Crippen LogP contribution in [0.5, 0.6) is 11.5 Å². The Hall–Kier alpha value is -1.48. The summed E-state index contributed by atoms with van der Waals surface area (Å²) in [7, 11) is 3.32. The maximum Gasteiger partial charge on any atom is 0.161 e. The smallest absolute Gasteiger partial charge is 0.161 e. The van der Waals surface area contributed by atoms with Crippen molar-refractivity contribution in [3.63, 3.8) is 0 Å². The SMILES string of the molecule is C=C(CC)CC(NCCC)c1ccc(OC)c(OC)c1. The molecule has 1 N–H and O–H groups in total. The molecule has 0 aliphatic rings. The van der Waals surface area contributed by atoms with Crippen LogP contribution in [-0.4, -0.2) is 20.8 Å². The van der Waals surface area contributed by atoms with Crippen LogP contribution in [0.25, 0.3) is 0 Å². The molecule has 0 spiro atoms. The van der Waals surface area contributed by atoms with Crippen LogP contribution >= 0.6 is 0 Å². The molecule has 0 aliphatic carbocycles. The van der Waals surface area contributed by atoms with E-state index in [1.807, 2.05) is 6.07 Å². The van der Waals surface area contributed by atoms with Crippen molar-refractivity contribution in [1.82, 2.24) is 5.32 Å². The van der Waals surface area contributed by atoms with Gasteiger partial charge in [-0.2, -0.15) is 0 Å². The van der Waals surface area contributed by atoms with E-state index in [2.05, 4.69) is 37.9 Å². The number of rotatable bonds is 9. The van der Waals surface area contributed by atoms with Gasteiger partial charge in [-0.25, -0.2) is 0 Å². The number of hydrogen-bond acceptors (Lipinski definition) is 3. The molecule has 0 saturated carbocycles. The number of methoxy groups -OCH3 is 2. The minimum absolute atomic E-state index is 0.280. The van der Waals surface area contributed by atoms with Gasteiger partial charge >= 0.3 is 0 Å². The van der Waals surface area contributed by atoms with Crippen LogP contribution in [0.2, 0.25) is 0 Å². The van der Waals surface area contributed by atoms with E-state index < -0.39 is 0 Å². The van der Waals surface area contributed by atoms with Gasteiger partial charge in [0.1, 0.15) is 0 Å². The second kappa shape index (κ2) is 8.64. The van der Waals surface area contributed by atoms with Crippen LogP contribution in [-0.2, 0) is 0 Å². The van der Waals surface area contributed by atoms with Gasteiger partial charge < -0.3 is 14.8 Å². The summed E-state index contributed by atoms with van der Waals surface area (Å²) in [5.74, 6) is 1.54. The molecule has 0 bridgehead atoms. The lowest BCUT2D eigenvalue weighted by Gasteiger charge is -2.21. The quantitative estimate of drug-likeness (QED) is 0.689. The molecule has 0 fully saturated rings. The van der Waals surface area contributed by atoms with Crippen molar-refractivity contribution < 1.29 is 9.47 Å². The van der Waals surface area contributed by atoms with Crippen LogP contribution in [0.1, 0.15) is 44.7 Å². The third-order valence-electron chi connectivity index (χ3n) is 3.44. The van der Waals surface area contributed by atoms with E-state index in [1.165, 1.54) is 11.1 Å². The Morgan fingerprint density at radius 2 is 1.90 bits per heavy atom. The molecule has 0 aromatic heterocycles. The number of nitrogens with one attached hydrogen (secondary N) is 1. The molecule has 1 unspecified atom stereocenters. The van der Waals surface area contributed by atoms with Gasteiger partial charge in [0.05, 0.1) is 14.2 Å². The van der Waals surface area contributed by atoms with Crippen LogP contribution in [0.15, 0.2) is 30.4 Å². The average Bonchev–Trinajstić information content (AvgIpc) is 2.50. The summed E-state index contributed by atoms with van der Waals surface area (Å²) in [6.45, 7) is 9.44. The third-order valence-corrected chi connectivity index (χ3v) is 3.44. The minimum atomic E-state index is 0.280. The Bertz CT molecular complexity index is 429. The molecule has 0 saturated heterocycles. The zero-order valence-corrected chi connectivity index (χ0v) is 13.2. The molecule has 0 heterocycles. The van der Waals surface area contributed by atoms with Crippen LogP contribution < -0.4 is 14.8 Å². The summed E-state index contributed by atoms with van der Waals surface area (Å²) in [4.78, 5) is 0. The number of ether oxygens (including phenoxy) is 2. The molecule has 1 aromatic carbocycles. The first-order valence-electron chi connectivity index (χ1n) is 7.28. The maximum atomic E-state index is 5.39. The molecule has 1 rings (SSSR count). The van der Waals surface area contributed by atoms with Gasteiger partial charge in [-0.05, 0) is 43.5 Å². The van der Waals surface area contributed by atoms with Crippen molar-refractivity contribution in [2.24, 2.45) is 0 Å². The molecular weight excluding hydrogens is 250 g/mol. The molecule has 20 heavy (non-hydrogen) atoms. The van der Waals surface area contributed by atoms with Crippen molar-refractivity contribution in [1.29, 1.82) is 0 Å². The summed E-state index contributed by atoms with van der Waals surface area (Å²) in [5.41, 5.74) is 2.47. The Morgan fingerprint density at radius 1 is 1.20 bits per heavy atom. The molecule has 3 nitrogen and oxygen atoms in total. The third kappa shape index (κ3) is 4.57. The second-order valence-electron chi connectivity index (χ2n) is 4.93. The lowest BCUT2D eigenvalue weighted by Crippen LogP contribution is -2.22. The van der Waals surface area contributed by atoms with Gasteiger partial charge in [0.2, 0.25) is 0 Å². The molecule has 1 aromatic rings. The van der Waals surface area contributed by atoms with E-state index in [-0.39, 0.29) is 6.04 Å². The van der Waals surface area contributed by atoms with Gasteiger partial charge in [-0.3, -0.25) is 0 Å². The van der Waals surface area contributed by atoms with Crippen LogP contribution in [0, 0.1) is 0 Å². The van der Waals surface area contributed by atoms with Crippen LogP contribution in [0.4, 0.5) is 0 Å². The predicted octanol–water partition coefficient (Wildman–Crippen LogP) is 4.10. The molecule has 0 amide bonds. The molecule has 3 heteroatoms. The highest BCUT2D eigenvalue weighted by Gasteiger charge is 2.14. The average molecular weight is 277 g/mol. The Morgan fingerprint density at radius 3 is 2.45 bits per heavy atom. The first-order valence-corrected chi connectivity index (χ1v) is 7.28. The van der Waals surface area contributed by atoms with Crippen LogP contribution in [0.3, 0.4) is 0 Å². The zero-order chi connectivity index (χ0) is 15.0. The fraction of sp³-hybridized carbons (Fsp3) is 0.529. The highest BCUT2D eigenvalue weighted by atomic mass is 16.5. The summed E-state index contributed by atoms with van der Waals surface area (Å²) in [5, 5.41) is 3.58. The van der Waals surface area contributed by atoms with Gasteiger partial charge in [-0.1, -0.05) is 32.1 Å². The standard InChI is InChI=1S/C17H27NO2/c1-6-10-18-15(11-13(3)7-2)14-8-9-16(19-4)17(12-14)20-5/h8-9,12,15,18H,3,6-7,10-11H2,1-2,4-5H3. The first-order chi connectivity index (χ1) is 9.65. The maximum absolute atomic E-state index is 5.39. The van der Waals surface area contributed by atoms with E-state index in [4.69, 9.17) is 9.47 Å². The fourth-order valence-corrected chi connectivity index (χ4v) is 2.13. The highest BCUT2D eigenvalue weighted by molar-refractivity contribution is 5.44. The minimum Gasteiger partial charge on any atom is -0.493 e. The Labute approximate surface area is 123 Å². The van der Waals surface area contributed by atoms with E-state index in [9.17, 15) is 0 Å². The zero-order valence-electron chi connectivity index (χ0n) is 13.2.